The molecule has 0 N–H and O–H groups in total. The Balaban J connectivity index is 0. The van der Waals surface area contributed by atoms with Crippen molar-refractivity contribution in [1.82, 2.24) is 0 Å². The molecule has 0 unspecified atom stereocenters. The summed E-state index contributed by atoms with van der Waals surface area (Å²) in [6.07, 6.45) is 0. The molecule has 3 heteroatoms. The Bertz CT molecular complexity index is 145. The van der Waals surface area contributed by atoms with E-state index in [9.17, 15) is 0 Å². The van der Waals surface area contributed by atoms with Crippen LogP contribution in [0.2, 0.25) is 39.3 Å². The molecule has 0 spiro atoms. The van der Waals surface area contributed by atoms with Crippen LogP contribution in [0.15, 0.2) is 0 Å². The van der Waals surface area contributed by atoms with E-state index in [1.54, 1.807) is 0 Å². The van der Waals surface area contributed by atoms with Crippen molar-refractivity contribution in [2.45, 2.75) is 39.3 Å². The van der Waals surface area contributed by atoms with Crippen LogP contribution in [-0.2, 0) is 21.7 Å². The zero-order chi connectivity index (χ0) is 8.41. The standard InChI is InChI=1S/C8H18Si2.Ti/c1-9(2,3)7-8-10(4,5)6;/h1-6H3;/q;+2. The van der Waals surface area contributed by atoms with Gasteiger partial charge in [0.15, 0.2) is 0 Å². The van der Waals surface area contributed by atoms with E-state index in [1.807, 2.05) is 0 Å². The number of rotatable bonds is 0. The molecule has 0 heterocycles. The van der Waals surface area contributed by atoms with Gasteiger partial charge in [-0.25, -0.2) is 0 Å². The van der Waals surface area contributed by atoms with Crippen LogP contribution in [0.5, 0.6) is 0 Å². The second kappa shape index (κ2) is 4.67. The number of hydrogen-bond acceptors (Lipinski definition) is 0. The molecule has 0 aliphatic heterocycles. The SMILES string of the molecule is C[Si](C)(C)C#C[Si](C)(C)C.[Ti+2]. The van der Waals surface area contributed by atoms with Gasteiger partial charge < -0.3 is 0 Å². The minimum atomic E-state index is -1.09. The van der Waals surface area contributed by atoms with Crippen molar-refractivity contribution in [2.75, 3.05) is 0 Å². The molecule has 0 aromatic rings. The van der Waals surface area contributed by atoms with Gasteiger partial charge in [-0.1, -0.05) is 39.3 Å². The van der Waals surface area contributed by atoms with Crippen LogP contribution < -0.4 is 0 Å². The van der Waals surface area contributed by atoms with Gasteiger partial charge in [-0.2, -0.15) is 0 Å². The van der Waals surface area contributed by atoms with E-state index in [2.05, 4.69) is 50.4 Å². The van der Waals surface area contributed by atoms with Gasteiger partial charge in [-0.15, -0.1) is 11.1 Å². The maximum atomic E-state index is 3.41. The Hall–Kier alpha value is 0.708. The molecule has 60 valence electrons. The van der Waals surface area contributed by atoms with Gasteiger partial charge in [0, 0.05) is 0 Å². The molecular weight excluding hydrogens is 200 g/mol. The van der Waals surface area contributed by atoms with Crippen LogP contribution in [0.1, 0.15) is 0 Å². The van der Waals surface area contributed by atoms with Crippen molar-refractivity contribution in [3.63, 3.8) is 0 Å². The predicted molar refractivity (Wildman–Crippen MR) is 54.5 cm³/mol. The zero-order valence-corrected chi connectivity index (χ0v) is 12.1. The first kappa shape index (κ1) is 14.2. The van der Waals surface area contributed by atoms with Gasteiger partial charge in [0.25, 0.3) is 0 Å². The summed E-state index contributed by atoms with van der Waals surface area (Å²) in [5.41, 5.74) is 6.82. The van der Waals surface area contributed by atoms with E-state index >= 15 is 0 Å². The normalized spacial score (nSPS) is 11.1. The largest absolute Gasteiger partial charge is 2.00 e. The van der Waals surface area contributed by atoms with E-state index in [1.165, 1.54) is 0 Å². The molecule has 0 radical (unpaired) electrons. The van der Waals surface area contributed by atoms with Crippen molar-refractivity contribution in [3.05, 3.63) is 0 Å². The fraction of sp³-hybridized carbons (Fsp3) is 0.750. The minimum Gasteiger partial charge on any atom is -0.139 e. The average Bonchev–Trinajstić information content (AvgIpc) is 1.57. The third-order valence-corrected chi connectivity index (χ3v) is 2.81. The van der Waals surface area contributed by atoms with Gasteiger partial charge in [0.2, 0.25) is 0 Å². The summed E-state index contributed by atoms with van der Waals surface area (Å²) >= 11 is 0. The molecule has 0 atom stereocenters. The summed E-state index contributed by atoms with van der Waals surface area (Å²) in [6.45, 7) is 13.8. The third-order valence-electron chi connectivity index (χ3n) is 0.812. The van der Waals surface area contributed by atoms with Crippen molar-refractivity contribution in [3.8, 4) is 11.1 Å². The van der Waals surface area contributed by atoms with Gasteiger partial charge >= 0.3 is 21.7 Å². The fourth-order valence-corrected chi connectivity index (χ4v) is 3.38. The molecule has 0 amide bonds. The molecule has 11 heavy (non-hydrogen) atoms. The first-order valence-corrected chi connectivity index (χ1v) is 10.8. The van der Waals surface area contributed by atoms with E-state index in [0.29, 0.717) is 0 Å². The molecule has 0 aliphatic rings. The topological polar surface area (TPSA) is 0 Å². The monoisotopic (exact) mass is 218 g/mol. The van der Waals surface area contributed by atoms with Crippen LogP contribution in [0.3, 0.4) is 0 Å². The Kier molecular flexibility index (Phi) is 6.04. The van der Waals surface area contributed by atoms with Crippen molar-refractivity contribution in [1.29, 1.82) is 0 Å². The van der Waals surface area contributed by atoms with E-state index in [0.717, 1.165) is 0 Å². The van der Waals surface area contributed by atoms with Gasteiger partial charge in [0.1, 0.15) is 16.1 Å². The third kappa shape index (κ3) is 13.7. The van der Waals surface area contributed by atoms with Crippen molar-refractivity contribution in [2.24, 2.45) is 0 Å². The first-order valence-electron chi connectivity index (χ1n) is 3.75. The first-order chi connectivity index (χ1) is 4.21. The van der Waals surface area contributed by atoms with E-state index in [-0.39, 0.29) is 21.7 Å². The number of hydrogen-bond donors (Lipinski definition) is 0. The Morgan fingerprint density at radius 1 is 0.636 bits per heavy atom. The Morgan fingerprint density at radius 3 is 0.909 bits per heavy atom. The summed E-state index contributed by atoms with van der Waals surface area (Å²) in [6, 6.07) is 0. The summed E-state index contributed by atoms with van der Waals surface area (Å²) in [4.78, 5) is 0. The van der Waals surface area contributed by atoms with Crippen molar-refractivity contribution >= 4 is 16.1 Å². The summed E-state index contributed by atoms with van der Waals surface area (Å²) in [5.74, 6) is 0. The molecule has 0 aliphatic carbocycles. The molecular formula is C8H18Si2Ti+2. The smallest absolute Gasteiger partial charge is 0.139 e. The predicted octanol–water partition coefficient (Wildman–Crippen LogP) is 2.74. The summed E-state index contributed by atoms with van der Waals surface area (Å²) in [7, 11) is -2.19. The van der Waals surface area contributed by atoms with Crippen molar-refractivity contribution < 1.29 is 21.7 Å². The van der Waals surface area contributed by atoms with E-state index < -0.39 is 16.1 Å². The van der Waals surface area contributed by atoms with E-state index in [4.69, 9.17) is 0 Å². The van der Waals surface area contributed by atoms with Crippen LogP contribution in [0.25, 0.3) is 0 Å². The maximum Gasteiger partial charge on any atom is 2.00 e. The zero-order valence-electron chi connectivity index (χ0n) is 8.50. The molecule has 0 bridgehead atoms. The fourth-order valence-electron chi connectivity index (χ4n) is 0.375. The summed E-state index contributed by atoms with van der Waals surface area (Å²) < 4.78 is 0. The molecule has 0 nitrogen and oxygen atoms in total. The van der Waals surface area contributed by atoms with Gasteiger partial charge in [-0.05, 0) is 0 Å². The molecule has 0 aromatic heterocycles. The van der Waals surface area contributed by atoms with Gasteiger partial charge in [-0.3, -0.25) is 0 Å². The second-order valence-corrected chi connectivity index (χ2v) is 14.2. The molecule has 0 saturated carbocycles. The molecule has 0 saturated heterocycles. The quantitative estimate of drug-likeness (QED) is 0.433. The summed E-state index contributed by atoms with van der Waals surface area (Å²) in [5, 5.41) is 0. The van der Waals surface area contributed by atoms with Crippen LogP contribution in [0.4, 0.5) is 0 Å². The Morgan fingerprint density at radius 2 is 0.818 bits per heavy atom. The van der Waals surface area contributed by atoms with Crippen LogP contribution in [0, 0.1) is 11.1 Å². The van der Waals surface area contributed by atoms with Crippen LogP contribution in [-0.4, -0.2) is 16.1 Å². The van der Waals surface area contributed by atoms with Crippen LogP contribution >= 0.6 is 0 Å². The minimum absolute atomic E-state index is 0. The Labute approximate surface area is 88.1 Å². The molecule has 0 aromatic carbocycles. The second-order valence-electron chi connectivity index (χ2n) is 4.75. The molecule has 0 rings (SSSR count). The maximum absolute atomic E-state index is 3.41. The van der Waals surface area contributed by atoms with Gasteiger partial charge in [0.05, 0.1) is 0 Å². The molecule has 0 fully saturated rings. The average molecular weight is 218 g/mol.